The van der Waals surface area contributed by atoms with Gasteiger partial charge in [0.25, 0.3) is 11.8 Å². The smallest absolute Gasteiger partial charge is 0.265 e. The number of thiophene rings is 1. The first-order chi connectivity index (χ1) is 13.4. The summed E-state index contributed by atoms with van der Waals surface area (Å²) in [5, 5.41) is 6.29. The quantitative estimate of drug-likeness (QED) is 0.812. The molecule has 0 aliphatic carbocycles. The van der Waals surface area contributed by atoms with Crippen LogP contribution >= 0.6 is 11.3 Å². The van der Waals surface area contributed by atoms with Gasteiger partial charge in [-0.25, -0.2) is 8.42 Å². The van der Waals surface area contributed by atoms with Crippen LogP contribution in [0.5, 0.6) is 5.75 Å². The highest BCUT2D eigenvalue weighted by atomic mass is 32.2. The van der Waals surface area contributed by atoms with Crippen molar-refractivity contribution in [1.29, 1.82) is 0 Å². The Balaban J connectivity index is 1.48. The molecule has 4 rings (SSSR count). The van der Waals surface area contributed by atoms with Crippen LogP contribution in [0.15, 0.2) is 39.9 Å². The number of anilines is 1. The number of carbonyl (C=O) groups is 2. The van der Waals surface area contributed by atoms with Crippen LogP contribution < -0.4 is 10.1 Å². The maximum atomic E-state index is 13.0. The Morgan fingerprint density at radius 1 is 1.21 bits per heavy atom. The predicted molar refractivity (Wildman–Crippen MR) is 104 cm³/mol. The normalized spacial score (nSPS) is 20.2. The minimum absolute atomic E-state index is 0.0824. The van der Waals surface area contributed by atoms with E-state index in [1.807, 2.05) is 5.38 Å². The molecule has 0 bridgehead atoms. The molecule has 1 N–H and O–H groups in total. The predicted octanol–water partition coefficient (Wildman–Crippen LogP) is 1.61. The number of piperazine rings is 1. The first-order valence-corrected chi connectivity index (χ1v) is 11.2. The number of hydrogen-bond acceptors (Lipinski definition) is 6. The van der Waals surface area contributed by atoms with Crippen molar-refractivity contribution in [3.8, 4) is 5.75 Å². The lowest BCUT2D eigenvalue weighted by Gasteiger charge is -2.34. The summed E-state index contributed by atoms with van der Waals surface area (Å²) in [6.45, 7) is 2.72. The van der Waals surface area contributed by atoms with E-state index < -0.39 is 16.1 Å². The van der Waals surface area contributed by atoms with Crippen molar-refractivity contribution in [3.05, 3.63) is 40.6 Å². The zero-order valence-electron chi connectivity index (χ0n) is 15.1. The highest BCUT2D eigenvalue weighted by Crippen LogP contribution is 2.33. The van der Waals surface area contributed by atoms with E-state index in [0.717, 1.165) is 0 Å². The number of nitrogens with one attached hydrogen (secondary N) is 1. The molecule has 8 nitrogen and oxygen atoms in total. The van der Waals surface area contributed by atoms with E-state index in [1.165, 1.54) is 27.8 Å². The number of ether oxygens (including phenoxy) is 1. The number of hydrogen-bond donors (Lipinski definition) is 1. The summed E-state index contributed by atoms with van der Waals surface area (Å²) < 4.78 is 32.8. The molecular formula is C18H19N3O5S2. The van der Waals surface area contributed by atoms with E-state index in [1.54, 1.807) is 29.3 Å². The van der Waals surface area contributed by atoms with Crippen LogP contribution in [0.4, 0.5) is 5.69 Å². The average molecular weight is 422 g/mol. The molecule has 0 saturated carbocycles. The SMILES string of the molecule is C[C@H]1Oc2ccc(S(=O)(=O)N3CCN(C(=O)c4ccsc4)CC3)cc2NC1=O. The van der Waals surface area contributed by atoms with Crippen molar-refractivity contribution in [2.45, 2.75) is 17.9 Å². The Kier molecular flexibility index (Phi) is 4.86. The van der Waals surface area contributed by atoms with Crippen molar-refractivity contribution in [3.63, 3.8) is 0 Å². The lowest BCUT2D eigenvalue weighted by atomic mass is 10.2. The molecule has 1 saturated heterocycles. The van der Waals surface area contributed by atoms with Gasteiger partial charge in [-0.1, -0.05) is 0 Å². The second-order valence-electron chi connectivity index (χ2n) is 6.62. The third kappa shape index (κ3) is 3.38. The Morgan fingerprint density at radius 2 is 1.96 bits per heavy atom. The lowest BCUT2D eigenvalue weighted by Crippen LogP contribution is -2.50. The first-order valence-electron chi connectivity index (χ1n) is 8.79. The van der Waals surface area contributed by atoms with Gasteiger partial charge in [0.1, 0.15) is 5.75 Å². The molecule has 28 heavy (non-hydrogen) atoms. The maximum absolute atomic E-state index is 13.0. The largest absolute Gasteiger partial charge is 0.479 e. The molecule has 2 aliphatic heterocycles. The monoisotopic (exact) mass is 421 g/mol. The zero-order valence-corrected chi connectivity index (χ0v) is 16.8. The van der Waals surface area contributed by atoms with Gasteiger partial charge >= 0.3 is 0 Å². The van der Waals surface area contributed by atoms with E-state index in [4.69, 9.17) is 4.74 Å². The van der Waals surface area contributed by atoms with Crippen LogP contribution in [0.2, 0.25) is 0 Å². The summed E-state index contributed by atoms with van der Waals surface area (Å²) in [5.74, 6) is 0.0425. The van der Waals surface area contributed by atoms with Gasteiger partial charge in [-0.2, -0.15) is 15.6 Å². The highest BCUT2D eigenvalue weighted by molar-refractivity contribution is 7.89. The van der Waals surface area contributed by atoms with E-state index in [0.29, 0.717) is 30.1 Å². The summed E-state index contributed by atoms with van der Waals surface area (Å²) in [4.78, 5) is 25.9. The van der Waals surface area contributed by atoms with Crippen LogP contribution in [-0.4, -0.2) is 61.7 Å². The van der Waals surface area contributed by atoms with Gasteiger partial charge in [0, 0.05) is 31.6 Å². The summed E-state index contributed by atoms with van der Waals surface area (Å²) in [7, 11) is -3.74. The van der Waals surface area contributed by atoms with Gasteiger partial charge in [0.05, 0.1) is 16.1 Å². The molecule has 1 fully saturated rings. The molecule has 10 heteroatoms. The van der Waals surface area contributed by atoms with E-state index in [9.17, 15) is 18.0 Å². The minimum atomic E-state index is -3.74. The second-order valence-corrected chi connectivity index (χ2v) is 9.33. The molecule has 148 valence electrons. The number of rotatable bonds is 3. The Labute approximate surface area is 166 Å². The molecule has 0 radical (unpaired) electrons. The summed E-state index contributed by atoms with van der Waals surface area (Å²) in [5.41, 5.74) is 0.969. The zero-order chi connectivity index (χ0) is 19.9. The van der Waals surface area contributed by atoms with E-state index in [-0.39, 0.29) is 29.8 Å². The van der Waals surface area contributed by atoms with Crippen molar-refractivity contribution < 1.29 is 22.7 Å². The third-order valence-electron chi connectivity index (χ3n) is 4.81. The molecule has 2 aromatic rings. The van der Waals surface area contributed by atoms with Crippen LogP contribution in [0.1, 0.15) is 17.3 Å². The van der Waals surface area contributed by atoms with Crippen molar-refractivity contribution in [2.75, 3.05) is 31.5 Å². The Bertz CT molecular complexity index is 1010. The van der Waals surface area contributed by atoms with Gasteiger partial charge in [0.2, 0.25) is 10.0 Å². The van der Waals surface area contributed by atoms with Crippen LogP contribution in [0.3, 0.4) is 0 Å². The number of sulfonamides is 1. The van der Waals surface area contributed by atoms with Crippen molar-refractivity contribution >= 4 is 38.9 Å². The lowest BCUT2D eigenvalue weighted by molar-refractivity contribution is -0.122. The summed E-state index contributed by atoms with van der Waals surface area (Å²) >= 11 is 1.45. The molecule has 1 aromatic heterocycles. The van der Waals surface area contributed by atoms with Crippen LogP contribution in [-0.2, 0) is 14.8 Å². The first kappa shape index (κ1) is 18.9. The van der Waals surface area contributed by atoms with Crippen molar-refractivity contribution in [1.82, 2.24) is 9.21 Å². The number of amides is 2. The van der Waals surface area contributed by atoms with Gasteiger partial charge in [-0.3, -0.25) is 9.59 Å². The van der Waals surface area contributed by atoms with Gasteiger partial charge in [-0.15, -0.1) is 0 Å². The van der Waals surface area contributed by atoms with Crippen molar-refractivity contribution in [2.24, 2.45) is 0 Å². The van der Waals surface area contributed by atoms with Crippen LogP contribution in [0, 0.1) is 0 Å². The van der Waals surface area contributed by atoms with Gasteiger partial charge in [-0.05, 0) is 36.6 Å². The maximum Gasteiger partial charge on any atom is 0.265 e. The van der Waals surface area contributed by atoms with Gasteiger partial charge < -0.3 is 15.0 Å². The number of fused-ring (bicyclic) bond motifs is 1. The Morgan fingerprint density at radius 3 is 2.64 bits per heavy atom. The number of carbonyl (C=O) groups excluding carboxylic acids is 2. The van der Waals surface area contributed by atoms with Gasteiger partial charge in [0.15, 0.2) is 6.10 Å². The average Bonchev–Trinajstić information content (AvgIpc) is 3.23. The topological polar surface area (TPSA) is 96.0 Å². The van der Waals surface area contributed by atoms with E-state index in [2.05, 4.69) is 5.32 Å². The second kappa shape index (κ2) is 7.19. The number of nitrogens with zero attached hydrogens (tertiary/aromatic N) is 2. The molecule has 1 aromatic carbocycles. The molecule has 1 atom stereocenters. The third-order valence-corrected chi connectivity index (χ3v) is 7.39. The fraction of sp³-hybridized carbons (Fsp3) is 0.333. The minimum Gasteiger partial charge on any atom is -0.479 e. The molecule has 0 unspecified atom stereocenters. The molecule has 2 aliphatic rings. The molecular weight excluding hydrogens is 402 g/mol. The molecule has 3 heterocycles. The standard InChI is InChI=1S/C18H19N3O5S2/c1-12-17(22)19-15-10-14(2-3-16(15)26-12)28(24,25)21-7-5-20(6-8-21)18(23)13-4-9-27-11-13/h2-4,9-12H,5-8H2,1H3,(H,19,22)/t12-/m1/s1. The van der Waals surface area contributed by atoms with Crippen LogP contribution in [0.25, 0.3) is 0 Å². The fourth-order valence-corrected chi connectivity index (χ4v) is 5.28. The number of benzene rings is 1. The molecule has 2 amide bonds. The molecule has 0 spiro atoms. The summed E-state index contributed by atoms with van der Waals surface area (Å²) in [6, 6.07) is 6.20. The fourth-order valence-electron chi connectivity index (χ4n) is 3.20. The van der Waals surface area contributed by atoms with E-state index >= 15 is 0 Å². The highest BCUT2D eigenvalue weighted by Gasteiger charge is 2.32. The Hall–Kier alpha value is -2.43. The summed E-state index contributed by atoms with van der Waals surface area (Å²) in [6.07, 6.45) is -0.621.